The van der Waals surface area contributed by atoms with Crippen molar-refractivity contribution in [2.45, 2.75) is 61.6 Å². The molecule has 0 bridgehead atoms. The number of nitrogens with zero attached hydrogens (tertiary/aromatic N) is 4. The molecule has 1 aromatic heterocycles. The molecule has 1 fully saturated rings. The lowest BCUT2D eigenvalue weighted by molar-refractivity contribution is 0.239. The maximum atomic E-state index is 13.3. The summed E-state index contributed by atoms with van der Waals surface area (Å²) >= 11 is 19.0. The van der Waals surface area contributed by atoms with Crippen molar-refractivity contribution in [3.05, 3.63) is 46.2 Å². The number of nitriles is 1. The Morgan fingerprint density at radius 1 is 1.27 bits per heavy atom. The van der Waals surface area contributed by atoms with E-state index < -0.39 is 15.6 Å². The molecular formula is C24H29Cl2N5O3S3. The summed E-state index contributed by atoms with van der Waals surface area (Å²) in [5.74, 6) is 0.267. The van der Waals surface area contributed by atoms with E-state index in [1.54, 1.807) is 24.3 Å². The van der Waals surface area contributed by atoms with Gasteiger partial charge in [-0.05, 0) is 63.9 Å². The van der Waals surface area contributed by atoms with E-state index in [2.05, 4.69) is 21.4 Å². The van der Waals surface area contributed by atoms with Crippen molar-refractivity contribution in [1.29, 1.82) is 5.26 Å². The summed E-state index contributed by atoms with van der Waals surface area (Å²) < 4.78 is 34.0. The molecular weight excluding hydrogens is 573 g/mol. The van der Waals surface area contributed by atoms with Gasteiger partial charge in [0, 0.05) is 36.4 Å². The molecule has 0 radical (unpaired) electrons. The van der Waals surface area contributed by atoms with Crippen LogP contribution in [0.5, 0.6) is 0 Å². The van der Waals surface area contributed by atoms with Gasteiger partial charge < -0.3 is 10.1 Å². The fourth-order valence-corrected chi connectivity index (χ4v) is 7.72. The topological polar surface area (TPSA) is 108 Å². The first kappa shape index (κ1) is 29.9. The van der Waals surface area contributed by atoms with Crippen molar-refractivity contribution < 1.29 is 13.2 Å². The highest BCUT2D eigenvalue weighted by Crippen LogP contribution is 2.37. The molecule has 13 heteroatoms. The number of hydrogen-bond acceptors (Lipinski definition) is 9. The maximum Gasteiger partial charge on any atom is 0.243 e. The third-order valence-corrected chi connectivity index (χ3v) is 9.85. The molecule has 2 heterocycles. The van der Waals surface area contributed by atoms with Gasteiger partial charge in [-0.15, -0.1) is 0 Å². The molecule has 37 heavy (non-hydrogen) atoms. The zero-order chi connectivity index (χ0) is 27.1. The number of halogens is 2. The van der Waals surface area contributed by atoms with E-state index in [4.69, 9.17) is 40.2 Å². The smallest absolute Gasteiger partial charge is 0.243 e. The second kappa shape index (κ2) is 13.4. The van der Waals surface area contributed by atoms with Gasteiger partial charge in [-0.2, -0.15) is 9.57 Å². The predicted molar refractivity (Wildman–Crippen MR) is 153 cm³/mol. The summed E-state index contributed by atoms with van der Waals surface area (Å²) in [6.45, 7) is 4.83. The van der Waals surface area contributed by atoms with Crippen molar-refractivity contribution in [3.8, 4) is 6.07 Å². The van der Waals surface area contributed by atoms with E-state index in [1.807, 2.05) is 13.8 Å². The average molecular weight is 603 g/mol. The molecule has 1 saturated heterocycles. The molecule has 0 amide bonds. The summed E-state index contributed by atoms with van der Waals surface area (Å²) in [6.07, 6.45) is 2.50. The van der Waals surface area contributed by atoms with E-state index in [0.717, 1.165) is 5.56 Å². The number of anilines is 1. The highest BCUT2D eigenvalue weighted by Gasteiger charge is 2.41. The quantitative estimate of drug-likeness (QED) is 0.265. The molecule has 0 spiro atoms. The van der Waals surface area contributed by atoms with Crippen LogP contribution < -0.4 is 5.32 Å². The van der Waals surface area contributed by atoms with Crippen LogP contribution in [0.1, 0.15) is 44.6 Å². The van der Waals surface area contributed by atoms with Crippen molar-refractivity contribution in [2.75, 3.05) is 25.0 Å². The van der Waals surface area contributed by atoms with Crippen LogP contribution in [0.2, 0.25) is 10.3 Å². The number of thiocarbonyl (C=S) groups is 1. The monoisotopic (exact) mass is 601 g/mol. The Morgan fingerprint density at radius 2 is 1.89 bits per heavy atom. The third-order valence-electron chi connectivity index (χ3n) is 6.10. The van der Waals surface area contributed by atoms with E-state index in [9.17, 15) is 13.7 Å². The van der Waals surface area contributed by atoms with Crippen LogP contribution in [0.4, 0.5) is 5.95 Å². The summed E-state index contributed by atoms with van der Waals surface area (Å²) in [7, 11) is -3.64. The Labute approximate surface area is 238 Å². The Hall–Kier alpha value is -1.68. The minimum absolute atomic E-state index is 0.0406. The second-order valence-corrected chi connectivity index (χ2v) is 13.4. The van der Waals surface area contributed by atoms with Crippen LogP contribution in [-0.4, -0.2) is 57.6 Å². The number of piperidine rings is 1. The molecule has 1 aliphatic heterocycles. The first-order valence-corrected chi connectivity index (χ1v) is 15.3. The van der Waals surface area contributed by atoms with Gasteiger partial charge in [-0.25, -0.2) is 18.4 Å². The number of aryl methyl sites for hydroxylation is 1. The minimum Gasteiger partial charge on any atom is -0.479 e. The van der Waals surface area contributed by atoms with E-state index >= 15 is 0 Å². The van der Waals surface area contributed by atoms with Gasteiger partial charge in [0.25, 0.3) is 0 Å². The van der Waals surface area contributed by atoms with Gasteiger partial charge in [0.05, 0.1) is 17.6 Å². The number of hydrogen-bond donors (Lipinski definition) is 1. The van der Waals surface area contributed by atoms with Gasteiger partial charge >= 0.3 is 0 Å². The number of thioether (sulfide) groups is 1. The SMILES string of the molecule is CCOC(=S)SC(CCC#N)CC1(Nc2nc(Cl)cc(Cl)n2)CCN(S(=O)(=O)c2ccc(C)cc2)CC1. The van der Waals surface area contributed by atoms with E-state index in [-0.39, 0.29) is 26.4 Å². The number of benzene rings is 1. The van der Waals surface area contributed by atoms with Crippen molar-refractivity contribution in [2.24, 2.45) is 0 Å². The lowest BCUT2D eigenvalue weighted by atomic mass is 9.83. The molecule has 1 N–H and O–H groups in total. The first-order valence-electron chi connectivity index (χ1n) is 11.8. The molecule has 1 unspecified atom stereocenters. The highest BCUT2D eigenvalue weighted by atomic mass is 35.5. The zero-order valence-electron chi connectivity index (χ0n) is 20.6. The summed E-state index contributed by atoms with van der Waals surface area (Å²) in [4.78, 5) is 8.82. The van der Waals surface area contributed by atoms with Crippen molar-refractivity contribution in [3.63, 3.8) is 0 Å². The third kappa shape index (κ3) is 8.40. The number of ether oxygens (including phenoxy) is 1. The molecule has 200 valence electrons. The summed E-state index contributed by atoms with van der Waals surface area (Å²) in [5, 5.41) is 13.0. The number of aromatic nitrogens is 2. The molecule has 3 rings (SSSR count). The maximum absolute atomic E-state index is 13.3. The van der Waals surface area contributed by atoms with Crippen LogP contribution in [0, 0.1) is 18.3 Å². The van der Waals surface area contributed by atoms with Gasteiger partial charge in [0.2, 0.25) is 20.4 Å². The highest BCUT2D eigenvalue weighted by molar-refractivity contribution is 8.23. The normalized spacial score (nSPS) is 16.5. The molecule has 1 aliphatic rings. The van der Waals surface area contributed by atoms with Crippen LogP contribution in [0.3, 0.4) is 0 Å². The molecule has 1 atom stereocenters. The predicted octanol–water partition coefficient (Wildman–Crippen LogP) is 5.84. The second-order valence-electron chi connectivity index (χ2n) is 8.78. The van der Waals surface area contributed by atoms with Crippen molar-refractivity contribution >= 4 is 67.5 Å². The molecule has 2 aromatic rings. The average Bonchev–Trinajstić information content (AvgIpc) is 2.82. The van der Waals surface area contributed by atoms with Gasteiger partial charge in [-0.1, -0.05) is 52.7 Å². The van der Waals surface area contributed by atoms with E-state index in [0.29, 0.717) is 56.2 Å². The van der Waals surface area contributed by atoms with Gasteiger partial charge in [-0.3, -0.25) is 0 Å². The first-order chi connectivity index (χ1) is 17.6. The largest absolute Gasteiger partial charge is 0.479 e. The lowest BCUT2D eigenvalue weighted by Crippen LogP contribution is -2.52. The van der Waals surface area contributed by atoms with Crippen LogP contribution in [0.25, 0.3) is 0 Å². The summed E-state index contributed by atoms with van der Waals surface area (Å²) in [5.41, 5.74) is 0.411. The number of sulfonamides is 1. The van der Waals surface area contributed by atoms with Crippen LogP contribution >= 0.6 is 47.2 Å². The van der Waals surface area contributed by atoms with Gasteiger partial charge in [0.15, 0.2) is 0 Å². The zero-order valence-corrected chi connectivity index (χ0v) is 24.6. The standard InChI is InChI=1S/C24H29Cl2N5O3S3/c1-3-34-23(35)36-18(5-4-12-27)16-24(30-22-28-20(25)15-21(26)29-22)10-13-31(14-11-24)37(32,33)19-8-6-17(2)7-9-19/h6-9,15,18H,3-5,10-11,13-14,16H2,1-2H3,(H,28,29,30). The molecule has 0 aliphatic carbocycles. The Balaban J connectivity index is 1.87. The van der Waals surface area contributed by atoms with Crippen LogP contribution in [-0.2, 0) is 14.8 Å². The molecule has 8 nitrogen and oxygen atoms in total. The fourth-order valence-electron chi connectivity index (χ4n) is 4.23. The van der Waals surface area contributed by atoms with Crippen molar-refractivity contribution in [1.82, 2.24) is 14.3 Å². The number of nitrogens with one attached hydrogen (secondary N) is 1. The summed E-state index contributed by atoms with van der Waals surface area (Å²) in [6, 6.07) is 10.5. The Bertz CT molecular complexity index is 1210. The lowest BCUT2D eigenvalue weighted by Gasteiger charge is -2.43. The number of rotatable bonds is 10. The Morgan fingerprint density at radius 3 is 2.46 bits per heavy atom. The fraction of sp³-hybridized carbons (Fsp3) is 0.500. The Kier molecular flexibility index (Phi) is 10.8. The van der Waals surface area contributed by atoms with E-state index in [1.165, 1.54) is 22.1 Å². The van der Waals surface area contributed by atoms with Crippen LogP contribution in [0.15, 0.2) is 35.2 Å². The minimum atomic E-state index is -3.64. The van der Waals surface area contributed by atoms with Gasteiger partial charge in [0.1, 0.15) is 10.3 Å². The molecule has 0 saturated carbocycles. The molecule has 1 aromatic carbocycles.